The molecule has 0 unspecified atom stereocenters. The molecule has 0 aliphatic heterocycles. The summed E-state index contributed by atoms with van der Waals surface area (Å²) in [5.41, 5.74) is 4.59. The zero-order valence-electron chi connectivity index (χ0n) is 46.8. The van der Waals surface area contributed by atoms with E-state index in [1.165, 1.54) is 93.7 Å². The lowest BCUT2D eigenvalue weighted by Gasteiger charge is -2.09. The second-order valence-corrected chi connectivity index (χ2v) is 17.4. The molecule has 3 nitrogen and oxygen atoms in total. The van der Waals surface area contributed by atoms with Crippen LogP contribution in [0, 0.1) is 11.3 Å². The molecule has 0 radical (unpaired) electrons. The van der Waals surface area contributed by atoms with E-state index in [-0.39, 0.29) is 7.43 Å². The van der Waals surface area contributed by atoms with Gasteiger partial charge >= 0.3 is 0 Å². The Labute approximate surface area is 421 Å². The SMILES string of the molecule is C.C=CCC.C=CCOc1ccc(CC)cc1.CC.CC(C)(C)C.CCCCC(CC)CC.CCCCCCCCC.CCc1ccc(OC)cc1.CCc1ccccc1.CCc1ccco1. The van der Waals surface area contributed by atoms with Crippen LogP contribution in [0.4, 0.5) is 0 Å². The van der Waals surface area contributed by atoms with Crippen molar-refractivity contribution in [2.75, 3.05) is 13.7 Å². The van der Waals surface area contributed by atoms with Gasteiger partial charge in [0.05, 0.1) is 13.4 Å². The zero-order valence-corrected chi connectivity index (χ0v) is 46.8. The molecule has 1 aromatic heterocycles. The highest BCUT2D eigenvalue weighted by Crippen LogP contribution is 2.15. The predicted octanol–water partition coefficient (Wildman–Crippen LogP) is 21.8. The number of benzene rings is 3. The molecule has 67 heavy (non-hydrogen) atoms. The maximum Gasteiger partial charge on any atom is 0.119 e. The van der Waals surface area contributed by atoms with Crippen molar-refractivity contribution in [2.24, 2.45) is 11.3 Å². The third kappa shape index (κ3) is 62.0. The van der Waals surface area contributed by atoms with E-state index in [1.807, 2.05) is 62.4 Å². The van der Waals surface area contributed by atoms with Crippen LogP contribution in [-0.2, 0) is 25.7 Å². The Kier molecular flexibility index (Phi) is 66.8. The highest BCUT2D eigenvalue weighted by atomic mass is 16.5. The molecule has 0 aliphatic carbocycles. The minimum Gasteiger partial charge on any atom is -0.497 e. The molecule has 0 fully saturated rings. The molecule has 0 spiro atoms. The van der Waals surface area contributed by atoms with E-state index < -0.39 is 0 Å². The highest BCUT2D eigenvalue weighted by molar-refractivity contribution is 5.28. The number of methoxy groups -OCH3 is 1. The molecule has 4 rings (SSSR count). The topological polar surface area (TPSA) is 31.6 Å². The molecule has 388 valence electrons. The maximum absolute atomic E-state index is 5.34. The van der Waals surface area contributed by atoms with Gasteiger partial charge in [-0.2, -0.15) is 0 Å². The van der Waals surface area contributed by atoms with Gasteiger partial charge in [-0.25, -0.2) is 0 Å². The minimum absolute atomic E-state index is 0. The number of furan rings is 1. The van der Waals surface area contributed by atoms with Crippen LogP contribution in [0.3, 0.4) is 0 Å². The fourth-order valence-corrected chi connectivity index (χ4v) is 5.29. The van der Waals surface area contributed by atoms with Crippen molar-refractivity contribution >= 4 is 0 Å². The third-order valence-electron chi connectivity index (χ3n) is 9.56. The average molecular weight is 932 g/mol. The number of unbranched alkanes of at least 4 members (excludes halogenated alkanes) is 7. The van der Waals surface area contributed by atoms with E-state index in [0.717, 1.165) is 55.3 Å². The van der Waals surface area contributed by atoms with E-state index in [0.29, 0.717) is 12.0 Å². The molecule has 4 aromatic rings. The van der Waals surface area contributed by atoms with Gasteiger partial charge in [-0.15, -0.1) is 6.58 Å². The summed E-state index contributed by atoms with van der Waals surface area (Å²) in [5.74, 6) is 3.90. The van der Waals surface area contributed by atoms with Gasteiger partial charge in [0.1, 0.15) is 23.9 Å². The van der Waals surface area contributed by atoms with Crippen LogP contribution in [0.25, 0.3) is 0 Å². The van der Waals surface area contributed by atoms with Crippen molar-refractivity contribution < 1.29 is 13.9 Å². The summed E-state index contributed by atoms with van der Waals surface area (Å²) in [6.07, 6.45) is 27.6. The fourth-order valence-electron chi connectivity index (χ4n) is 5.29. The Morgan fingerprint density at radius 3 is 1.21 bits per heavy atom. The van der Waals surface area contributed by atoms with Crippen LogP contribution in [0.5, 0.6) is 11.5 Å². The maximum atomic E-state index is 5.34. The number of hydrogen-bond acceptors (Lipinski definition) is 3. The van der Waals surface area contributed by atoms with Crippen molar-refractivity contribution in [3.63, 3.8) is 0 Å². The number of rotatable bonds is 20. The van der Waals surface area contributed by atoms with Gasteiger partial charge in [-0.1, -0.05) is 269 Å². The van der Waals surface area contributed by atoms with Crippen LogP contribution < -0.4 is 9.47 Å². The first-order chi connectivity index (χ1) is 31.8. The van der Waals surface area contributed by atoms with E-state index in [4.69, 9.17) is 13.9 Å². The molecule has 0 amide bonds. The van der Waals surface area contributed by atoms with Crippen molar-refractivity contribution in [3.05, 3.63) is 145 Å². The Bertz CT molecular complexity index is 1390. The van der Waals surface area contributed by atoms with Crippen LogP contribution >= 0.6 is 0 Å². The molecule has 3 aromatic carbocycles. The molecule has 0 aliphatic rings. The number of aryl methyl sites for hydroxylation is 4. The first-order valence-corrected chi connectivity index (χ1v) is 26.4. The molecule has 1 heterocycles. The smallest absolute Gasteiger partial charge is 0.119 e. The van der Waals surface area contributed by atoms with Crippen LogP contribution in [0.15, 0.2) is 127 Å². The van der Waals surface area contributed by atoms with Gasteiger partial charge in [-0.05, 0) is 90.1 Å². The van der Waals surface area contributed by atoms with E-state index in [9.17, 15) is 0 Å². The van der Waals surface area contributed by atoms with Crippen molar-refractivity contribution in [1.82, 2.24) is 0 Å². The minimum atomic E-state index is 0. The lowest BCUT2D eigenvalue weighted by atomic mass is 9.97. The van der Waals surface area contributed by atoms with Crippen molar-refractivity contribution in [2.45, 2.75) is 227 Å². The Morgan fingerprint density at radius 1 is 0.522 bits per heavy atom. The zero-order chi connectivity index (χ0) is 51.1. The normalized spacial score (nSPS) is 9.28. The third-order valence-corrected chi connectivity index (χ3v) is 9.56. The molecule has 0 bridgehead atoms. The molecule has 0 saturated carbocycles. The van der Waals surface area contributed by atoms with Crippen LogP contribution in [0.2, 0.25) is 0 Å². The number of hydrogen-bond donors (Lipinski definition) is 0. The number of allylic oxidation sites excluding steroid dienone is 1. The molecule has 0 saturated heterocycles. The predicted molar refractivity (Wildman–Crippen MR) is 309 cm³/mol. The van der Waals surface area contributed by atoms with E-state index >= 15 is 0 Å². The largest absolute Gasteiger partial charge is 0.497 e. The second kappa shape index (κ2) is 60.0. The lowest BCUT2D eigenvalue weighted by Crippen LogP contribution is -1.95. The summed E-state index contributed by atoms with van der Waals surface area (Å²) in [4.78, 5) is 0. The molecular formula is C64H114O3. The molecule has 0 atom stereocenters. The summed E-state index contributed by atoms with van der Waals surface area (Å²) in [6, 6.07) is 30.6. The van der Waals surface area contributed by atoms with Gasteiger partial charge < -0.3 is 13.9 Å². The summed E-state index contributed by atoms with van der Waals surface area (Å²) in [6.45, 7) is 42.3. The Morgan fingerprint density at radius 2 is 0.925 bits per heavy atom. The summed E-state index contributed by atoms with van der Waals surface area (Å²) in [5, 5.41) is 0. The second-order valence-electron chi connectivity index (χ2n) is 17.4. The summed E-state index contributed by atoms with van der Waals surface area (Å²) >= 11 is 0. The van der Waals surface area contributed by atoms with E-state index in [2.05, 4.69) is 159 Å². The summed E-state index contributed by atoms with van der Waals surface area (Å²) < 4.78 is 15.3. The van der Waals surface area contributed by atoms with Gasteiger partial charge in [-0.3, -0.25) is 0 Å². The summed E-state index contributed by atoms with van der Waals surface area (Å²) in [7, 11) is 1.68. The lowest BCUT2D eigenvalue weighted by molar-refractivity contribution is 0.363. The quantitative estimate of drug-likeness (QED) is 0.0654. The molecule has 0 N–H and O–H groups in total. The molecule has 3 heteroatoms. The van der Waals surface area contributed by atoms with Gasteiger partial charge in [0.15, 0.2) is 0 Å². The monoisotopic (exact) mass is 931 g/mol. The van der Waals surface area contributed by atoms with Crippen LogP contribution in [-0.4, -0.2) is 13.7 Å². The van der Waals surface area contributed by atoms with Gasteiger partial charge in [0.2, 0.25) is 0 Å². The van der Waals surface area contributed by atoms with Gasteiger partial charge in [0, 0.05) is 6.42 Å². The molecular weight excluding hydrogens is 817 g/mol. The van der Waals surface area contributed by atoms with E-state index in [1.54, 1.807) is 19.4 Å². The fraction of sp³-hybridized carbons (Fsp3) is 0.594. The Hall–Kier alpha value is -3.98. The highest BCUT2D eigenvalue weighted by Gasteiger charge is 2.00. The standard InChI is InChI=1S/C11H14O.C9H12O.2C9H20.C8H10.C6H8O.C5H12.C4H8.C2H6.CH4/c1-3-9-12-11-7-5-10(4-2)6-8-11;1-3-8-4-6-9(10-2)7-5-8;1-4-7-8-9(5-2)6-3;1-3-5-7-9-8-6-4-2;1-2-8-6-4-3-5-7-8;1-2-6-4-3-5-7-6;1-5(2,3)4;1-3-4-2;1-2;/h3,5-8H,1,4,9H2,2H3;4-7H,3H2,1-2H3;9H,4-8H2,1-3H3;3-9H2,1-2H3;3-7H,2H2,1H3;3-5H,2H2,1H3;1-4H3;3H,1,4H2,2H3;1-2H3;1H4. The Balaban J connectivity index is -0.000000160. The number of ether oxygens (including phenoxy) is 2. The van der Waals surface area contributed by atoms with Crippen molar-refractivity contribution in [3.8, 4) is 11.5 Å². The van der Waals surface area contributed by atoms with Crippen molar-refractivity contribution in [1.29, 1.82) is 0 Å². The first-order valence-electron chi connectivity index (χ1n) is 26.4. The van der Waals surface area contributed by atoms with Gasteiger partial charge in [0.25, 0.3) is 0 Å². The first kappa shape index (κ1) is 74.6. The average Bonchev–Trinajstić information content (AvgIpc) is 3.90. The van der Waals surface area contributed by atoms with Crippen LogP contribution in [0.1, 0.15) is 224 Å².